The first-order chi connectivity index (χ1) is 14.3. The molecule has 1 unspecified atom stereocenters. The summed E-state index contributed by atoms with van der Waals surface area (Å²) in [4.78, 5) is 32.6. The molecule has 0 bridgehead atoms. The number of pyridine rings is 1. The minimum atomic E-state index is -0.367. The van der Waals surface area contributed by atoms with Crippen molar-refractivity contribution < 1.29 is 19.1 Å². The highest BCUT2D eigenvalue weighted by atomic mass is 16.5. The minimum absolute atomic E-state index is 0.0536. The number of rotatable bonds is 4. The summed E-state index contributed by atoms with van der Waals surface area (Å²) in [6.07, 6.45) is 4.61. The van der Waals surface area contributed by atoms with Crippen molar-refractivity contribution in [3.8, 4) is 11.5 Å². The van der Waals surface area contributed by atoms with Crippen molar-refractivity contribution in [3.05, 3.63) is 59.6 Å². The normalized spacial score (nSPS) is 20.8. The van der Waals surface area contributed by atoms with Crippen molar-refractivity contribution in [1.82, 2.24) is 4.98 Å². The Kier molecular flexibility index (Phi) is 5.10. The van der Waals surface area contributed by atoms with Crippen LogP contribution in [-0.4, -0.2) is 30.9 Å². The Labute approximate surface area is 176 Å². The van der Waals surface area contributed by atoms with Gasteiger partial charge in [0, 0.05) is 41.8 Å². The SMILES string of the molecule is COc1ccc(OC)c(C2CC(=O)N(c3cccnc3)C3=C2C(=O)CC(C)(C)C3)c1. The van der Waals surface area contributed by atoms with Crippen molar-refractivity contribution in [1.29, 1.82) is 0 Å². The summed E-state index contributed by atoms with van der Waals surface area (Å²) in [5.74, 6) is 0.972. The van der Waals surface area contributed by atoms with E-state index >= 15 is 0 Å². The fraction of sp³-hybridized carbons (Fsp3) is 0.375. The molecule has 0 N–H and O–H groups in total. The molecule has 1 atom stereocenters. The lowest BCUT2D eigenvalue weighted by atomic mass is 9.69. The standard InChI is InChI=1S/C24H26N2O4/c1-24(2)12-19-23(20(27)13-24)18(17-10-16(29-3)7-8-21(17)30-4)11-22(28)26(19)15-6-5-9-25-14-15/h5-10,14,18H,11-13H2,1-4H3. The molecule has 4 rings (SSSR count). The Morgan fingerprint density at radius 3 is 2.57 bits per heavy atom. The van der Waals surface area contributed by atoms with Gasteiger partial charge in [0.2, 0.25) is 5.91 Å². The zero-order chi connectivity index (χ0) is 21.5. The van der Waals surface area contributed by atoms with Crippen LogP contribution in [0.1, 0.15) is 44.6 Å². The highest BCUT2D eigenvalue weighted by molar-refractivity contribution is 6.07. The van der Waals surface area contributed by atoms with Crippen LogP contribution < -0.4 is 14.4 Å². The van der Waals surface area contributed by atoms with Crippen molar-refractivity contribution in [2.75, 3.05) is 19.1 Å². The number of carbonyl (C=O) groups excluding carboxylic acids is 2. The van der Waals surface area contributed by atoms with E-state index in [0.29, 0.717) is 35.6 Å². The summed E-state index contributed by atoms with van der Waals surface area (Å²) in [6, 6.07) is 9.16. The highest BCUT2D eigenvalue weighted by Crippen LogP contribution is 2.49. The average molecular weight is 406 g/mol. The Bertz CT molecular complexity index is 1030. The van der Waals surface area contributed by atoms with Crippen LogP contribution in [0.25, 0.3) is 0 Å². The number of amides is 1. The van der Waals surface area contributed by atoms with Gasteiger partial charge in [-0.2, -0.15) is 0 Å². The number of hydrogen-bond acceptors (Lipinski definition) is 5. The number of benzene rings is 1. The van der Waals surface area contributed by atoms with E-state index in [4.69, 9.17) is 9.47 Å². The number of hydrogen-bond donors (Lipinski definition) is 0. The number of anilines is 1. The number of nitrogens with zero attached hydrogens (tertiary/aromatic N) is 2. The molecule has 0 saturated carbocycles. The summed E-state index contributed by atoms with van der Waals surface area (Å²) in [7, 11) is 3.19. The van der Waals surface area contributed by atoms with E-state index in [9.17, 15) is 9.59 Å². The Balaban J connectivity index is 1.93. The van der Waals surface area contributed by atoms with Crippen molar-refractivity contribution in [3.63, 3.8) is 0 Å². The second kappa shape index (κ2) is 7.59. The molecule has 6 heteroatoms. The van der Waals surface area contributed by atoms with Crippen LogP contribution in [0.15, 0.2) is 54.0 Å². The Morgan fingerprint density at radius 1 is 1.10 bits per heavy atom. The Hall–Kier alpha value is -3.15. The molecule has 0 fully saturated rings. The lowest BCUT2D eigenvalue weighted by molar-refractivity contribution is -0.121. The molecule has 1 aromatic carbocycles. The van der Waals surface area contributed by atoms with E-state index in [1.54, 1.807) is 37.6 Å². The van der Waals surface area contributed by atoms with Crippen LogP contribution in [0.3, 0.4) is 0 Å². The van der Waals surface area contributed by atoms with E-state index < -0.39 is 0 Å². The molecule has 2 heterocycles. The van der Waals surface area contributed by atoms with E-state index in [1.807, 2.05) is 24.3 Å². The predicted molar refractivity (Wildman–Crippen MR) is 114 cm³/mol. The Morgan fingerprint density at radius 2 is 1.90 bits per heavy atom. The molecule has 6 nitrogen and oxygen atoms in total. The van der Waals surface area contributed by atoms with Gasteiger partial charge in [-0.3, -0.25) is 19.5 Å². The largest absolute Gasteiger partial charge is 0.497 e. The fourth-order valence-corrected chi connectivity index (χ4v) is 4.58. The third-order valence-electron chi connectivity index (χ3n) is 5.86. The number of carbonyl (C=O) groups is 2. The number of aromatic nitrogens is 1. The van der Waals surface area contributed by atoms with Crippen LogP contribution in [0.2, 0.25) is 0 Å². The maximum absolute atomic E-state index is 13.4. The van der Waals surface area contributed by atoms with Gasteiger partial charge in [0.15, 0.2) is 5.78 Å². The number of allylic oxidation sites excluding steroid dienone is 2. The summed E-state index contributed by atoms with van der Waals surface area (Å²) < 4.78 is 11.0. The van der Waals surface area contributed by atoms with Gasteiger partial charge in [-0.1, -0.05) is 13.8 Å². The summed E-state index contributed by atoms with van der Waals surface area (Å²) in [5.41, 5.74) is 2.74. The second-order valence-corrected chi connectivity index (χ2v) is 8.61. The van der Waals surface area contributed by atoms with Gasteiger partial charge >= 0.3 is 0 Å². The molecule has 30 heavy (non-hydrogen) atoms. The van der Waals surface area contributed by atoms with Crippen LogP contribution in [0, 0.1) is 5.41 Å². The summed E-state index contributed by atoms with van der Waals surface area (Å²) in [5, 5.41) is 0. The summed E-state index contributed by atoms with van der Waals surface area (Å²) in [6.45, 7) is 4.13. The molecule has 0 spiro atoms. The molecule has 2 aliphatic rings. The van der Waals surface area contributed by atoms with Gasteiger partial charge in [-0.05, 0) is 42.2 Å². The molecule has 0 saturated heterocycles. The maximum atomic E-state index is 13.4. The van der Waals surface area contributed by atoms with E-state index in [1.165, 1.54) is 0 Å². The third kappa shape index (κ3) is 3.47. The fourth-order valence-electron chi connectivity index (χ4n) is 4.58. The van der Waals surface area contributed by atoms with Crippen LogP contribution in [0.5, 0.6) is 11.5 Å². The first kappa shape index (κ1) is 20.1. The van der Waals surface area contributed by atoms with E-state index in [-0.39, 0.29) is 29.4 Å². The quantitative estimate of drug-likeness (QED) is 0.759. The average Bonchev–Trinajstić information content (AvgIpc) is 2.72. The molecule has 1 amide bonds. The zero-order valence-electron chi connectivity index (χ0n) is 17.8. The zero-order valence-corrected chi connectivity index (χ0v) is 17.8. The smallest absolute Gasteiger partial charge is 0.232 e. The minimum Gasteiger partial charge on any atom is -0.497 e. The lowest BCUT2D eigenvalue weighted by Gasteiger charge is -2.43. The van der Waals surface area contributed by atoms with Gasteiger partial charge in [-0.15, -0.1) is 0 Å². The molecule has 1 aliphatic heterocycles. The number of Topliss-reactive ketones (excluding diaryl/α,β-unsaturated/α-hetero) is 1. The van der Waals surface area contributed by atoms with E-state index in [0.717, 1.165) is 11.3 Å². The molecule has 2 aromatic rings. The number of methoxy groups -OCH3 is 2. The third-order valence-corrected chi connectivity index (χ3v) is 5.86. The molecule has 1 aliphatic carbocycles. The highest BCUT2D eigenvalue weighted by Gasteiger charge is 2.45. The van der Waals surface area contributed by atoms with Gasteiger partial charge in [0.05, 0.1) is 26.1 Å². The topological polar surface area (TPSA) is 68.7 Å². The first-order valence-electron chi connectivity index (χ1n) is 10.1. The van der Waals surface area contributed by atoms with E-state index in [2.05, 4.69) is 18.8 Å². The monoisotopic (exact) mass is 406 g/mol. The van der Waals surface area contributed by atoms with Crippen LogP contribution in [0.4, 0.5) is 5.69 Å². The van der Waals surface area contributed by atoms with Crippen LogP contribution in [-0.2, 0) is 9.59 Å². The molecular formula is C24H26N2O4. The first-order valence-corrected chi connectivity index (χ1v) is 10.1. The molecule has 1 aromatic heterocycles. The number of ether oxygens (including phenoxy) is 2. The lowest BCUT2D eigenvalue weighted by Crippen LogP contribution is -2.43. The maximum Gasteiger partial charge on any atom is 0.232 e. The van der Waals surface area contributed by atoms with Crippen molar-refractivity contribution in [2.24, 2.45) is 5.41 Å². The van der Waals surface area contributed by atoms with Crippen molar-refractivity contribution in [2.45, 2.75) is 39.0 Å². The van der Waals surface area contributed by atoms with Gasteiger partial charge in [-0.25, -0.2) is 0 Å². The molecular weight excluding hydrogens is 380 g/mol. The van der Waals surface area contributed by atoms with Crippen molar-refractivity contribution >= 4 is 17.4 Å². The molecule has 156 valence electrons. The van der Waals surface area contributed by atoms with Gasteiger partial charge in [0.1, 0.15) is 11.5 Å². The predicted octanol–water partition coefficient (Wildman–Crippen LogP) is 4.26. The van der Waals surface area contributed by atoms with Crippen LogP contribution >= 0.6 is 0 Å². The number of ketones is 1. The van der Waals surface area contributed by atoms with Gasteiger partial charge < -0.3 is 9.47 Å². The van der Waals surface area contributed by atoms with Gasteiger partial charge in [0.25, 0.3) is 0 Å². The molecule has 0 radical (unpaired) electrons. The second-order valence-electron chi connectivity index (χ2n) is 8.61. The summed E-state index contributed by atoms with van der Waals surface area (Å²) >= 11 is 0.